The van der Waals surface area contributed by atoms with E-state index in [2.05, 4.69) is 20.5 Å². The summed E-state index contributed by atoms with van der Waals surface area (Å²) in [7, 11) is 2.04. The van der Waals surface area contributed by atoms with Gasteiger partial charge in [-0.2, -0.15) is 0 Å². The summed E-state index contributed by atoms with van der Waals surface area (Å²) >= 11 is 1.33. The van der Waals surface area contributed by atoms with E-state index < -0.39 is 0 Å². The lowest BCUT2D eigenvalue weighted by Gasteiger charge is -2.30. The zero-order chi connectivity index (χ0) is 16.8. The van der Waals surface area contributed by atoms with E-state index in [4.69, 9.17) is 4.74 Å². The lowest BCUT2D eigenvalue weighted by molar-refractivity contribution is -0.121. The molecule has 2 rings (SSSR count). The number of carbonyl (C=O) groups excluding carboxylic acids is 2. The SMILES string of the molecule is CC(C)C(=O)Nc1nc(CC(=O)NC[C@@H]2CN(C)CCO2)cs1. The Labute approximate surface area is 140 Å². The molecule has 1 fully saturated rings. The molecule has 0 spiro atoms. The number of rotatable bonds is 6. The molecule has 1 aromatic heterocycles. The van der Waals surface area contributed by atoms with Crippen molar-refractivity contribution in [2.45, 2.75) is 26.4 Å². The number of morpholine rings is 1. The van der Waals surface area contributed by atoms with Gasteiger partial charge in [-0.15, -0.1) is 11.3 Å². The molecule has 1 aromatic rings. The second-order valence-corrected chi connectivity index (χ2v) is 6.88. The second-order valence-electron chi connectivity index (χ2n) is 6.02. The number of thiazole rings is 1. The summed E-state index contributed by atoms with van der Waals surface area (Å²) in [4.78, 5) is 30.0. The lowest BCUT2D eigenvalue weighted by Crippen LogP contribution is -2.46. The zero-order valence-corrected chi connectivity index (χ0v) is 14.6. The van der Waals surface area contributed by atoms with Crippen molar-refractivity contribution < 1.29 is 14.3 Å². The summed E-state index contributed by atoms with van der Waals surface area (Å²) in [5.74, 6) is -0.262. The molecule has 0 saturated carbocycles. The number of nitrogens with one attached hydrogen (secondary N) is 2. The summed E-state index contributed by atoms with van der Waals surface area (Å²) in [5, 5.41) is 7.93. The van der Waals surface area contributed by atoms with Gasteiger partial charge in [-0.25, -0.2) is 4.98 Å². The van der Waals surface area contributed by atoms with Crippen LogP contribution in [-0.2, 0) is 20.7 Å². The Bertz CT molecular complexity index is 547. The Morgan fingerprint density at radius 1 is 1.52 bits per heavy atom. The van der Waals surface area contributed by atoms with Crippen LogP contribution in [0.5, 0.6) is 0 Å². The Balaban J connectivity index is 1.75. The highest BCUT2D eigenvalue weighted by molar-refractivity contribution is 7.13. The van der Waals surface area contributed by atoms with Gasteiger partial charge < -0.3 is 20.3 Å². The third-order valence-electron chi connectivity index (χ3n) is 3.52. The first-order valence-electron chi connectivity index (χ1n) is 7.76. The Morgan fingerprint density at radius 3 is 3.00 bits per heavy atom. The highest BCUT2D eigenvalue weighted by Gasteiger charge is 2.18. The Kier molecular flexibility index (Phi) is 6.49. The Hall–Kier alpha value is -1.51. The number of carbonyl (C=O) groups is 2. The summed E-state index contributed by atoms with van der Waals surface area (Å²) in [6, 6.07) is 0. The minimum Gasteiger partial charge on any atom is -0.374 e. The average Bonchev–Trinajstić information content (AvgIpc) is 2.92. The van der Waals surface area contributed by atoms with Crippen LogP contribution in [0.15, 0.2) is 5.38 Å². The molecule has 0 aliphatic carbocycles. The molecular formula is C15H24N4O3S. The van der Waals surface area contributed by atoms with E-state index in [0.29, 0.717) is 24.0 Å². The fourth-order valence-corrected chi connectivity index (χ4v) is 2.85. The minimum atomic E-state index is -0.0979. The van der Waals surface area contributed by atoms with Crippen molar-refractivity contribution in [3.8, 4) is 0 Å². The van der Waals surface area contributed by atoms with Crippen LogP contribution in [0.1, 0.15) is 19.5 Å². The minimum absolute atomic E-state index is 0.0361. The van der Waals surface area contributed by atoms with E-state index in [1.165, 1.54) is 11.3 Å². The molecule has 0 unspecified atom stereocenters. The van der Waals surface area contributed by atoms with Gasteiger partial charge in [-0.05, 0) is 7.05 Å². The van der Waals surface area contributed by atoms with E-state index >= 15 is 0 Å². The van der Waals surface area contributed by atoms with Crippen LogP contribution in [0.3, 0.4) is 0 Å². The summed E-state index contributed by atoms with van der Waals surface area (Å²) in [6.45, 7) is 6.59. The standard InChI is InChI=1S/C15H24N4O3S/c1-10(2)14(21)18-15-17-11(9-23-15)6-13(20)16-7-12-8-19(3)4-5-22-12/h9-10,12H,4-8H2,1-3H3,(H,16,20)(H,17,18,21)/t12-/m1/s1. The van der Waals surface area contributed by atoms with Crippen LogP contribution < -0.4 is 10.6 Å². The summed E-state index contributed by atoms with van der Waals surface area (Å²) in [6.07, 6.45) is 0.241. The molecule has 0 aromatic carbocycles. The maximum Gasteiger partial charge on any atom is 0.228 e. The predicted molar refractivity (Wildman–Crippen MR) is 89.5 cm³/mol. The number of nitrogens with zero attached hydrogens (tertiary/aromatic N) is 2. The van der Waals surface area contributed by atoms with E-state index in [-0.39, 0.29) is 30.3 Å². The average molecular weight is 340 g/mol. The molecule has 2 N–H and O–H groups in total. The number of likely N-dealkylation sites (N-methyl/N-ethyl adjacent to an activating group) is 1. The van der Waals surface area contributed by atoms with E-state index in [9.17, 15) is 9.59 Å². The summed E-state index contributed by atoms with van der Waals surface area (Å²) < 4.78 is 5.60. The molecule has 8 heteroatoms. The van der Waals surface area contributed by atoms with Gasteiger partial charge in [0.1, 0.15) is 0 Å². The highest BCUT2D eigenvalue weighted by Crippen LogP contribution is 2.16. The van der Waals surface area contributed by atoms with Gasteiger partial charge in [-0.3, -0.25) is 9.59 Å². The molecule has 0 bridgehead atoms. The first-order chi connectivity index (χ1) is 10.9. The highest BCUT2D eigenvalue weighted by atomic mass is 32.1. The molecule has 0 radical (unpaired) electrons. The molecule has 2 amide bonds. The van der Waals surface area contributed by atoms with Gasteiger partial charge in [0.15, 0.2) is 5.13 Å². The van der Waals surface area contributed by atoms with Crippen molar-refractivity contribution >= 4 is 28.3 Å². The third kappa shape index (κ3) is 5.89. The van der Waals surface area contributed by atoms with E-state index in [1.54, 1.807) is 5.38 Å². The quantitative estimate of drug-likeness (QED) is 0.797. The molecular weight excluding hydrogens is 316 g/mol. The fourth-order valence-electron chi connectivity index (χ4n) is 2.14. The van der Waals surface area contributed by atoms with E-state index in [1.807, 2.05) is 20.9 Å². The maximum absolute atomic E-state index is 12.0. The van der Waals surface area contributed by atoms with E-state index in [0.717, 1.165) is 13.1 Å². The molecule has 2 heterocycles. The number of anilines is 1. The van der Waals surface area contributed by atoms with Gasteiger partial charge in [0.25, 0.3) is 0 Å². The molecule has 1 aliphatic heterocycles. The number of ether oxygens (including phenoxy) is 1. The van der Waals surface area contributed by atoms with Crippen LogP contribution in [-0.4, -0.2) is 61.1 Å². The topological polar surface area (TPSA) is 83.6 Å². The first kappa shape index (κ1) is 17.8. The van der Waals surface area contributed by atoms with Gasteiger partial charge in [0, 0.05) is 30.9 Å². The molecule has 23 heavy (non-hydrogen) atoms. The van der Waals surface area contributed by atoms with Crippen molar-refractivity contribution in [2.75, 3.05) is 38.6 Å². The van der Waals surface area contributed by atoms with Crippen LogP contribution in [0.2, 0.25) is 0 Å². The van der Waals surface area contributed by atoms with Gasteiger partial charge in [0.05, 0.1) is 24.8 Å². The van der Waals surface area contributed by atoms with Gasteiger partial charge in [0.2, 0.25) is 11.8 Å². The molecule has 1 atom stereocenters. The zero-order valence-electron chi connectivity index (χ0n) is 13.8. The largest absolute Gasteiger partial charge is 0.374 e. The predicted octanol–water partition coefficient (Wildman–Crippen LogP) is 0.727. The second kappa shape index (κ2) is 8.37. The molecule has 7 nitrogen and oxygen atoms in total. The lowest BCUT2D eigenvalue weighted by atomic mass is 10.2. The number of amides is 2. The number of aromatic nitrogens is 1. The van der Waals surface area contributed by atoms with Crippen molar-refractivity contribution in [1.82, 2.24) is 15.2 Å². The molecule has 1 saturated heterocycles. The van der Waals surface area contributed by atoms with Crippen LogP contribution in [0, 0.1) is 5.92 Å². The van der Waals surface area contributed by atoms with Gasteiger partial charge >= 0.3 is 0 Å². The van der Waals surface area contributed by atoms with Crippen molar-refractivity contribution in [3.63, 3.8) is 0 Å². The van der Waals surface area contributed by atoms with Gasteiger partial charge in [-0.1, -0.05) is 13.8 Å². The maximum atomic E-state index is 12.0. The van der Waals surface area contributed by atoms with Crippen molar-refractivity contribution in [1.29, 1.82) is 0 Å². The Morgan fingerprint density at radius 2 is 2.30 bits per heavy atom. The fraction of sp³-hybridized carbons (Fsp3) is 0.667. The normalized spacial score (nSPS) is 18.9. The smallest absolute Gasteiger partial charge is 0.228 e. The molecule has 1 aliphatic rings. The van der Waals surface area contributed by atoms with Crippen molar-refractivity contribution in [3.05, 3.63) is 11.1 Å². The summed E-state index contributed by atoms with van der Waals surface area (Å²) in [5.41, 5.74) is 0.660. The number of hydrogen-bond donors (Lipinski definition) is 2. The van der Waals surface area contributed by atoms with Crippen LogP contribution in [0.4, 0.5) is 5.13 Å². The third-order valence-corrected chi connectivity index (χ3v) is 4.32. The van der Waals surface area contributed by atoms with Crippen LogP contribution >= 0.6 is 11.3 Å². The van der Waals surface area contributed by atoms with Crippen molar-refractivity contribution in [2.24, 2.45) is 5.92 Å². The first-order valence-corrected chi connectivity index (χ1v) is 8.64. The number of hydrogen-bond acceptors (Lipinski definition) is 6. The monoisotopic (exact) mass is 340 g/mol. The molecule has 128 valence electrons. The van der Waals surface area contributed by atoms with Crippen LogP contribution in [0.25, 0.3) is 0 Å².